The maximum absolute atomic E-state index is 12.9. The molecule has 4 amide bonds. The standard InChI is InChI=1S/C25H23N5O2.C16H16N4O.C15H15N5O.C10H10O2.C5H9N.2ClH/c1-30(2)10-6-9-21-20-14-26-29-25(32)19-11-16(12-22(28-21)23(19)20)27-24(31)18-13-17(18)15-7-4-3-5-8-15;1-10-7-11-15-12(9-17-19-16(11)21)13(18-14(15)8-10)5-4-6-20(2)3;1-20(2)5-3-4-12-11-8-17-19-15(21)10-6-9(16)7-13(18-12)14(10)11;11-10(12)9-6-8(9)7-4-2-1-3-5-7;1-4-5-6(2)3;;/h3-5,7-8,11-12,14,17-18,28H,10,13H2,1-2H3,(H,27,31)(H,29,32);7-9,18H,6H2,1-3H3,(H,19,21);6-8,18H,5,16H2,1-2H3,(H,19,21);1-5,8-9H,6H2,(H,11,12);1H,5H2,2-3H3;2*1H/t17-,18+;;;8-,9+;;;/m0..0.../s1. The number of carboxylic acid groups (broad SMARTS) is 1. The van der Waals surface area contributed by atoms with E-state index < -0.39 is 5.97 Å². The number of aromatic amines is 3. The number of aromatic nitrogens is 3. The van der Waals surface area contributed by atoms with E-state index in [1.165, 1.54) is 5.56 Å². The molecule has 21 nitrogen and oxygen atoms in total. The zero-order chi connectivity index (χ0) is 65.8. The first-order valence-corrected chi connectivity index (χ1v) is 29.6. The molecule has 13 rings (SSSR count). The molecule has 6 heterocycles. The van der Waals surface area contributed by atoms with Gasteiger partial charge in [-0.3, -0.25) is 43.6 Å². The molecule has 0 bridgehead atoms. The SMILES string of the molecule is C#CCN(C)C.CN(C)CC#Cc1[nH]c2cc(N)cc3c2c1C=NNC3=O.CN(C)CC#Cc1[nH]c2cc(NC(=O)[C@@H]3C[C@H]3c3ccccc3)cc3c2c1C=NNC3=O.Cc1cc2c3c(c(C#CCN(C)C)[nH]c3c1)C=NNC2=O.Cl.Cl.O=C(O)[C@@H]1C[C@H]1c1ccccc1. The van der Waals surface area contributed by atoms with Crippen LogP contribution in [0.2, 0.25) is 0 Å². The molecule has 94 heavy (non-hydrogen) atoms. The number of terminal acetylenes is 1. The summed E-state index contributed by atoms with van der Waals surface area (Å²) < 4.78 is 0. The quantitative estimate of drug-likeness (QED) is 0.0493. The Hall–Kier alpha value is -10.5. The van der Waals surface area contributed by atoms with Crippen molar-refractivity contribution >= 4 is 117 Å². The van der Waals surface area contributed by atoms with Crippen molar-refractivity contribution < 1.29 is 29.1 Å². The van der Waals surface area contributed by atoms with E-state index in [2.05, 4.69) is 105 Å². The van der Waals surface area contributed by atoms with Crippen LogP contribution < -0.4 is 27.3 Å². The van der Waals surface area contributed by atoms with Crippen molar-refractivity contribution in [1.29, 1.82) is 0 Å². The number of nitrogens with two attached hydrogens (primary N) is 1. The Kier molecular flexibility index (Phi) is 24.3. The van der Waals surface area contributed by atoms with Gasteiger partial charge in [-0.05, 0) is 159 Å². The van der Waals surface area contributed by atoms with Crippen LogP contribution in [0, 0.1) is 66.6 Å². The fraction of sp³-hybridized carbons (Fsp3) is 0.268. The number of halogens is 2. The van der Waals surface area contributed by atoms with E-state index in [1.807, 2.05) is 150 Å². The van der Waals surface area contributed by atoms with Gasteiger partial charge in [-0.15, -0.1) is 31.2 Å². The van der Waals surface area contributed by atoms with Gasteiger partial charge in [0.1, 0.15) is 0 Å². The minimum atomic E-state index is -0.663. The van der Waals surface area contributed by atoms with Gasteiger partial charge in [0.25, 0.3) is 17.7 Å². The lowest BCUT2D eigenvalue weighted by molar-refractivity contribution is -0.138. The monoisotopic (exact) mass is 1300 g/mol. The third-order valence-corrected chi connectivity index (χ3v) is 15.0. The van der Waals surface area contributed by atoms with E-state index >= 15 is 0 Å². The largest absolute Gasteiger partial charge is 0.481 e. The maximum atomic E-state index is 12.9. The van der Waals surface area contributed by atoms with E-state index in [9.17, 15) is 24.0 Å². The lowest BCUT2D eigenvalue weighted by Crippen LogP contribution is -2.18. The smallest absolute Gasteiger partial charge is 0.307 e. The predicted octanol–water partition coefficient (Wildman–Crippen LogP) is 8.01. The summed E-state index contributed by atoms with van der Waals surface area (Å²) in [4.78, 5) is 77.8. The second-order valence-electron chi connectivity index (χ2n) is 23.6. The average molecular weight is 1310 g/mol. The van der Waals surface area contributed by atoms with Crippen LogP contribution in [0.1, 0.15) is 106 Å². The number of carbonyl (C=O) groups excluding carboxylic acids is 4. The molecule has 0 saturated heterocycles. The molecular formula is C71H75Cl2N15O6. The Labute approximate surface area is 558 Å². The van der Waals surface area contributed by atoms with E-state index in [4.69, 9.17) is 17.3 Å². The molecule has 3 aromatic heterocycles. The molecule has 0 unspecified atom stereocenters. The summed E-state index contributed by atoms with van der Waals surface area (Å²) in [5.41, 5.74) is 26.5. The summed E-state index contributed by atoms with van der Waals surface area (Å²) in [6, 6.07) is 30.8. The summed E-state index contributed by atoms with van der Waals surface area (Å²) in [7, 11) is 15.7. The van der Waals surface area contributed by atoms with Gasteiger partial charge in [0, 0.05) is 66.7 Å². The third-order valence-electron chi connectivity index (χ3n) is 15.0. The molecule has 4 atom stereocenters. The topological polar surface area (TPSA) is 277 Å². The van der Waals surface area contributed by atoms with Crippen LogP contribution in [0.3, 0.4) is 0 Å². The number of benzene rings is 5. The Bertz CT molecular complexity index is 4340. The first-order chi connectivity index (χ1) is 44.2. The minimum absolute atomic E-state index is 0. The zero-order valence-electron chi connectivity index (χ0n) is 53.6. The molecule has 8 aromatic rings. The number of anilines is 2. The number of amides is 4. The van der Waals surface area contributed by atoms with Crippen LogP contribution in [0.25, 0.3) is 32.7 Å². The number of rotatable bonds is 9. The van der Waals surface area contributed by atoms with Crippen molar-refractivity contribution in [2.75, 3.05) is 93.6 Å². The normalized spacial score (nSPS) is 16.1. The highest BCUT2D eigenvalue weighted by Crippen LogP contribution is 2.48. The number of nitrogen functional groups attached to an aromatic ring is 1. The summed E-state index contributed by atoms with van der Waals surface area (Å²) in [6.07, 6.45) is 11.5. The number of carbonyl (C=O) groups is 5. The molecule has 2 aliphatic carbocycles. The van der Waals surface area contributed by atoms with Crippen LogP contribution in [0.15, 0.2) is 112 Å². The number of hydrogen-bond donors (Lipinski definition) is 9. The number of H-pyrrole nitrogens is 3. The molecule has 0 radical (unpaired) electrons. The van der Waals surface area contributed by atoms with Crippen LogP contribution in [-0.2, 0) is 9.59 Å². The number of aryl methyl sites for hydroxylation is 1. The van der Waals surface area contributed by atoms with E-state index in [0.29, 0.717) is 53.4 Å². The maximum Gasteiger partial charge on any atom is 0.307 e. The number of hydrazone groups is 3. The van der Waals surface area contributed by atoms with Gasteiger partial charge in [-0.25, -0.2) is 16.3 Å². The Morgan fingerprint density at radius 2 is 0.936 bits per heavy atom. The molecule has 2 saturated carbocycles. The van der Waals surface area contributed by atoms with Gasteiger partial charge < -0.3 is 31.1 Å². The first-order valence-electron chi connectivity index (χ1n) is 29.6. The Morgan fingerprint density at radius 3 is 1.33 bits per heavy atom. The highest BCUT2D eigenvalue weighted by Gasteiger charge is 2.45. The Balaban J connectivity index is 0.000000178. The Morgan fingerprint density at radius 1 is 0.553 bits per heavy atom. The van der Waals surface area contributed by atoms with E-state index in [1.54, 1.807) is 36.8 Å². The molecule has 23 heteroatoms. The van der Waals surface area contributed by atoms with Crippen molar-refractivity contribution in [3.8, 4) is 47.9 Å². The molecule has 0 spiro atoms. The fourth-order valence-electron chi connectivity index (χ4n) is 10.5. The molecule has 10 N–H and O–H groups in total. The highest BCUT2D eigenvalue weighted by molar-refractivity contribution is 6.18. The van der Waals surface area contributed by atoms with Gasteiger partial charge in [-0.2, -0.15) is 15.3 Å². The number of nitrogens with zero attached hydrogens (tertiary/aromatic N) is 7. The summed E-state index contributed by atoms with van der Waals surface area (Å²) in [6.45, 7) is 4.64. The van der Waals surface area contributed by atoms with E-state index in [-0.39, 0.29) is 72.1 Å². The predicted molar refractivity (Wildman–Crippen MR) is 378 cm³/mol. The highest BCUT2D eigenvalue weighted by atomic mass is 35.5. The number of carboxylic acids is 1. The molecule has 2 fully saturated rings. The van der Waals surface area contributed by atoms with Crippen LogP contribution in [0.4, 0.5) is 11.4 Å². The fourth-order valence-corrected chi connectivity index (χ4v) is 10.5. The van der Waals surface area contributed by atoms with Crippen LogP contribution >= 0.6 is 24.8 Å². The van der Waals surface area contributed by atoms with Crippen molar-refractivity contribution in [3.63, 3.8) is 0 Å². The van der Waals surface area contributed by atoms with Gasteiger partial charge in [0.2, 0.25) is 5.91 Å². The molecule has 5 aliphatic rings. The van der Waals surface area contributed by atoms with Crippen molar-refractivity contribution in [2.24, 2.45) is 27.1 Å². The van der Waals surface area contributed by atoms with Gasteiger partial charge in [0.05, 0.1) is 84.5 Å². The van der Waals surface area contributed by atoms with Crippen molar-refractivity contribution in [3.05, 3.63) is 164 Å². The lowest BCUT2D eigenvalue weighted by Gasteiger charge is -2.08. The van der Waals surface area contributed by atoms with Crippen molar-refractivity contribution in [1.82, 2.24) is 50.8 Å². The number of aliphatic carboxylic acids is 1. The van der Waals surface area contributed by atoms with Crippen LogP contribution in [0.5, 0.6) is 0 Å². The molecule has 484 valence electrons. The number of nitrogens with one attached hydrogen (secondary N) is 7. The average Bonchev–Trinajstić information content (AvgIpc) is 1.75. The van der Waals surface area contributed by atoms with Gasteiger partial charge >= 0.3 is 5.97 Å². The molecule has 5 aromatic carbocycles. The second-order valence-corrected chi connectivity index (χ2v) is 23.6. The van der Waals surface area contributed by atoms with E-state index in [0.717, 1.165) is 91.3 Å². The zero-order valence-corrected chi connectivity index (χ0v) is 55.2. The lowest BCUT2D eigenvalue weighted by atomic mass is 10.0. The number of hydrogen-bond acceptors (Lipinski definition) is 13. The van der Waals surface area contributed by atoms with Gasteiger partial charge in [0.15, 0.2) is 0 Å². The first kappa shape index (κ1) is 71.0. The summed E-state index contributed by atoms with van der Waals surface area (Å²) in [5, 5.41) is 26.1. The summed E-state index contributed by atoms with van der Waals surface area (Å²) >= 11 is 0. The van der Waals surface area contributed by atoms with Crippen molar-refractivity contribution in [2.45, 2.75) is 31.6 Å². The van der Waals surface area contributed by atoms with Gasteiger partial charge in [-0.1, -0.05) is 84.3 Å². The second kappa shape index (κ2) is 32.2. The third kappa shape index (κ3) is 17.8. The van der Waals surface area contributed by atoms with Crippen LogP contribution in [-0.4, -0.2) is 170 Å². The summed E-state index contributed by atoms with van der Waals surface area (Å²) in [5.74, 6) is 20.0. The molecule has 3 aliphatic heterocycles. The minimum Gasteiger partial charge on any atom is -0.481 e. The molecular weight excluding hydrogens is 1230 g/mol.